The number of anilines is 2. The van der Waals surface area contributed by atoms with Crippen LogP contribution in [0.5, 0.6) is 0 Å². The van der Waals surface area contributed by atoms with E-state index in [0.29, 0.717) is 17.0 Å². The topological polar surface area (TPSA) is 89.7 Å². The highest BCUT2D eigenvalue weighted by Gasteiger charge is 2.24. The van der Waals surface area contributed by atoms with Crippen molar-refractivity contribution in [1.29, 1.82) is 0 Å². The van der Waals surface area contributed by atoms with E-state index in [2.05, 4.69) is 53.5 Å². The van der Waals surface area contributed by atoms with Gasteiger partial charge < -0.3 is 10.6 Å². The molecule has 5 rings (SSSR count). The lowest BCUT2D eigenvalue weighted by molar-refractivity contribution is 0.478. The van der Waals surface area contributed by atoms with Crippen molar-refractivity contribution in [2.24, 2.45) is 0 Å². The van der Waals surface area contributed by atoms with E-state index in [4.69, 9.17) is 4.98 Å². The fraction of sp³-hybridized carbons (Fsp3) is 0.417. The second-order valence-electron chi connectivity index (χ2n) is 9.78. The molecule has 33 heavy (non-hydrogen) atoms. The van der Waals surface area contributed by atoms with E-state index in [0.717, 1.165) is 35.2 Å². The molecule has 0 amide bonds. The van der Waals surface area contributed by atoms with Crippen molar-refractivity contribution < 1.29 is 0 Å². The van der Waals surface area contributed by atoms with Crippen LogP contribution in [0.1, 0.15) is 56.8 Å². The molecule has 0 saturated carbocycles. The van der Waals surface area contributed by atoms with Crippen LogP contribution in [-0.2, 0) is 18.4 Å². The minimum Gasteiger partial charge on any atom is -0.324 e. The van der Waals surface area contributed by atoms with Crippen molar-refractivity contribution in [3.8, 4) is 5.00 Å². The molecule has 1 aromatic carbocycles. The van der Waals surface area contributed by atoms with Crippen LogP contribution in [0.2, 0.25) is 0 Å². The SMILES string of the molecule is CC(C)n1c(=O)c2cnc(Nc3ccc4c(c3)CCNC4)nc2n1-c1cnc(C(C)(C)C)s1. The summed E-state index contributed by atoms with van der Waals surface area (Å²) in [6, 6.07) is 6.30. The number of nitrogens with zero attached hydrogens (tertiary/aromatic N) is 5. The molecule has 0 atom stereocenters. The molecule has 0 saturated heterocycles. The number of rotatable bonds is 4. The predicted octanol–water partition coefficient (Wildman–Crippen LogP) is 4.31. The first-order valence-electron chi connectivity index (χ1n) is 11.3. The molecule has 0 unspecified atom stereocenters. The number of nitrogens with one attached hydrogen (secondary N) is 2. The third kappa shape index (κ3) is 3.95. The lowest BCUT2D eigenvalue weighted by atomic mass is 9.98. The molecule has 0 radical (unpaired) electrons. The van der Waals surface area contributed by atoms with Crippen molar-refractivity contribution in [3.05, 3.63) is 57.1 Å². The number of fused-ring (bicyclic) bond motifs is 2. The molecule has 4 heterocycles. The Bertz CT molecular complexity index is 1390. The van der Waals surface area contributed by atoms with Crippen molar-refractivity contribution in [2.75, 3.05) is 11.9 Å². The molecule has 1 aliphatic rings. The van der Waals surface area contributed by atoms with Gasteiger partial charge in [-0.15, -0.1) is 0 Å². The molecule has 0 fully saturated rings. The maximum Gasteiger partial charge on any atom is 0.278 e. The summed E-state index contributed by atoms with van der Waals surface area (Å²) in [6.45, 7) is 12.3. The standard InChI is InChI=1S/C24H29N7OS/c1-14(2)30-21(32)18-12-27-23(28-17-7-6-16-11-25-9-8-15(16)10-17)29-20(18)31(30)19-13-26-22(33-19)24(3,4)5/h6-7,10,12-14,25H,8-9,11H2,1-5H3,(H,27,28,29). The van der Waals surface area contributed by atoms with E-state index < -0.39 is 0 Å². The Kier molecular flexibility index (Phi) is 5.33. The summed E-state index contributed by atoms with van der Waals surface area (Å²) in [6.07, 6.45) is 4.45. The summed E-state index contributed by atoms with van der Waals surface area (Å²) < 4.78 is 3.62. The molecule has 0 bridgehead atoms. The fourth-order valence-electron chi connectivity index (χ4n) is 4.13. The van der Waals surface area contributed by atoms with Gasteiger partial charge in [-0.2, -0.15) is 4.98 Å². The molecule has 4 aromatic rings. The maximum atomic E-state index is 13.2. The fourth-order valence-corrected chi connectivity index (χ4v) is 5.11. The average molecular weight is 464 g/mol. The monoisotopic (exact) mass is 463 g/mol. The van der Waals surface area contributed by atoms with Crippen LogP contribution in [-0.4, -0.2) is 30.9 Å². The maximum absolute atomic E-state index is 13.2. The van der Waals surface area contributed by atoms with Crippen LogP contribution in [0.3, 0.4) is 0 Å². The Morgan fingerprint density at radius 1 is 1.15 bits per heavy atom. The van der Waals surface area contributed by atoms with Crippen LogP contribution in [0.15, 0.2) is 35.4 Å². The van der Waals surface area contributed by atoms with Crippen LogP contribution in [0, 0.1) is 0 Å². The second kappa shape index (κ2) is 8.07. The van der Waals surface area contributed by atoms with E-state index in [1.807, 2.05) is 30.8 Å². The lowest BCUT2D eigenvalue weighted by Gasteiger charge is -2.18. The Morgan fingerprint density at radius 2 is 1.97 bits per heavy atom. The molecule has 9 heteroatoms. The van der Waals surface area contributed by atoms with Crippen molar-refractivity contribution in [2.45, 2.75) is 59.0 Å². The molecule has 2 N–H and O–H groups in total. The number of benzene rings is 1. The van der Waals surface area contributed by atoms with E-state index >= 15 is 0 Å². The van der Waals surface area contributed by atoms with Crippen LogP contribution in [0.4, 0.5) is 11.6 Å². The zero-order valence-corrected chi connectivity index (χ0v) is 20.5. The van der Waals surface area contributed by atoms with E-state index in [-0.39, 0.29) is 17.0 Å². The van der Waals surface area contributed by atoms with E-state index in [1.165, 1.54) is 11.1 Å². The molecular formula is C24H29N7OS. The summed E-state index contributed by atoms with van der Waals surface area (Å²) in [5.74, 6) is 0.464. The summed E-state index contributed by atoms with van der Waals surface area (Å²) in [5.41, 5.74) is 4.02. The molecule has 172 valence electrons. The highest BCUT2D eigenvalue weighted by molar-refractivity contribution is 7.14. The zero-order valence-electron chi connectivity index (χ0n) is 19.6. The number of aromatic nitrogens is 5. The van der Waals surface area contributed by atoms with Gasteiger partial charge in [-0.1, -0.05) is 38.2 Å². The third-order valence-corrected chi connectivity index (χ3v) is 7.20. The number of hydrogen-bond acceptors (Lipinski definition) is 7. The Labute approximate surface area is 196 Å². The van der Waals surface area contributed by atoms with Gasteiger partial charge in [-0.25, -0.2) is 19.3 Å². The number of thiazole rings is 1. The Morgan fingerprint density at radius 3 is 2.70 bits per heavy atom. The van der Waals surface area contributed by atoms with Gasteiger partial charge in [0.15, 0.2) is 5.65 Å². The first-order chi connectivity index (χ1) is 15.7. The highest BCUT2D eigenvalue weighted by Crippen LogP contribution is 2.31. The largest absolute Gasteiger partial charge is 0.324 e. The lowest BCUT2D eigenvalue weighted by Crippen LogP contribution is -2.23. The minimum absolute atomic E-state index is 0.0439. The van der Waals surface area contributed by atoms with Gasteiger partial charge in [0.05, 0.1) is 6.20 Å². The predicted molar refractivity (Wildman–Crippen MR) is 133 cm³/mol. The zero-order chi connectivity index (χ0) is 23.3. The molecule has 8 nitrogen and oxygen atoms in total. The van der Waals surface area contributed by atoms with Crippen LogP contribution < -0.4 is 16.2 Å². The van der Waals surface area contributed by atoms with Gasteiger partial charge in [-0.3, -0.25) is 4.79 Å². The van der Waals surface area contributed by atoms with E-state index in [9.17, 15) is 4.79 Å². The molecular weight excluding hydrogens is 434 g/mol. The Hall–Kier alpha value is -3.04. The number of hydrogen-bond donors (Lipinski definition) is 2. The normalized spacial score (nSPS) is 14.1. The molecule has 3 aromatic heterocycles. The first-order valence-corrected chi connectivity index (χ1v) is 12.1. The average Bonchev–Trinajstić information content (AvgIpc) is 3.37. The molecule has 0 spiro atoms. The first kappa shape index (κ1) is 21.8. The van der Waals surface area contributed by atoms with Crippen molar-refractivity contribution >= 4 is 34.0 Å². The van der Waals surface area contributed by atoms with Crippen LogP contribution in [0.25, 0.3) is 16.0 Å². The third-order valence-electron chi connectivity index (χ3n) is 5.81. The second-order valence-corrected chi connectivity index (χ2v) is 10.8. The Balaban J connectivity index is 1.61. The molecule has 0 aliphatic carbocycles. The summed E-state index contributed by atoms with van der Waals surface area (Å²) >= 11 is 1.58. The van der Waals surface area contributed by atoms with Gasteiger partial charge in [0.2, 0.25) is 5.95 Å². The van der Waals surface area contributed by atoms with Gasteiger partial charge in [-0.05, 0) is 50.1 Å². The smallest absolute Gasteiger partial charge is 0.278 e. The van der Waals surface area contributed by atoms with Gasteiger partial charge in [0.25, 0.3) is 5.56 Å². The molecule has 1 aliphatic heterocycles. The van der Waals surface area contributed by atoms with E-state index in [1.54, 1.807) is 22.2 Å². The summed E-state index contributed by atoms with van der Waals surface area (Å²) in [7, 11) is 0. The highest BCUT2D eigenvalue weighted by atomic mass is 32.1. The van der Waals surface area contributed by atoms with Gasteiger partial charge in [0.1, 0.15) is 15.4 Å². The minimum atomic E-state index is -0.0986. The summed E-state index contributed by atoms with van der Waals surface area (Å²) in [4.78, 5) is 27.1. The van der Waals surface area contributed by atoms with Gasteiger partial charge >= 0.3 is 0 Å². The quantitative estimate of drug-likeness (QED) is 0.469. The van der Waals surface area contributed by atoms with Crippen molar-refractivity contribution in [3.63, 3.8) is 0 Å². The van der Waals surface area contributed by atoms with Crippen molar-refractivity contribution in [1.82, 2.24) is 29.6 Å². The van der Waals surface area contributed by atoms with Crippen LogP contribution >= 0.6 is 11.3 Å². The summed E-state index contributed by atoms with van der Waals surface area (Å²) in [5, 5.41) is 9.10. The van der Waals surface area contributed by atoms with Gasteiger partial charge in [0, 0.05) is 29.9 Å².